The van der Waals surface area contributed by atoms with Crippen LogP contribution in [0.1, 0.15) is 57.5 Å². The first-order valence-electron chi connectivity index (χ1n) is 5.79. The lowest BCUT2D eigenvalue weighted by Gasteiger charge is -2.32. The Bertz CT molecular complexity index is 295. The van der Waals surface area contributed by atoms with E-state index in [-0.39, 0.29) is 0 Å². The van der Waals surface area contributed by atoms with Gasteiger partial charge in [0.25, 0.3) is 0 Å². The molecule has 0 aliphatic heterocycles. The van der Waals surface area contributed by atoms with E-state index >= 15 is 0 Å². The molecule has 1 heterocycles. The van der Waals surface area contributed by atoms with Crippen LogP contribution in [0.5, 0.6) is 0 Å². The lowest BCUT2D eigenvalue weighted by atomic mass is 9.74. The summed E-state index contributed by atoms with van der Waals surface area (Å²) in [5.74, 6) is 1.13. The minimum Gasteiger partial charge on any atom is -0.345 e. The van der Waals surface area contributed by atoms with Gasteiger partial charge in [-0.25, -0.2) is 4.98 Å². The zero-order valence-corrected chi connectivity index (χ0v) is 9.27. The summed E-state index contributed by atoms with van der Waals surface area (Å²) < 4.78 is 0. The van der Waals surface area contributed by atoms with Crippen molar-refractivity contribution >= 4 is 0 Å². The third kappa shape index (κ3) is 1.70. The number of aromatic nitrogens is 2. The number of nitrogens with zero attached hydrogens (tertiary/aromatic N) is 1. The SMILES string of the molecule is CCc1ncc(C2(C)CCCCC2)[nH]1. The van der Waals surface area contributed by atoms with E-state index in [0.717, 1.165) is 12.2 Å². The van der Waals surface area contributed by atoms with Gasteiger partial charge in [-0.2, -0.15) is 0 Å². The number of aryl methyl sites for hydroxylation is 1. The van der Waals surface area contributed by atoms with Crippen LogP contribution in [0.15, 0.2) is 6.20 Å². The van der Waals surface area contributed by atoms with Crippen LogP contribution in [-0.2, 0) is 11.8 Å². The second kappa shape index (κ2) is 3.76. The zero-order chi connectivity index (χ0) is 10.0. The molecular weight excluding hydrogens is 172 g/mol. The van der Waals surface area contributed by atoms with Crippen molar-refractivity contribution < 1.29 is 0 Å². The molecule has 14 heavy (non-hydrogen) atoms. The molecule has 1 aliphatic rings. The molecule has 2 heteroatoms. The Morgan fingerprint density at radius 2 is 2.07 bits per heavy atom. The van der Waals surface area contributed by atoms with Crippen LogP contribution >= 0.6 is 0 Å². The van der Waals surface area contributed by atoms with E-state index in [1.165, 1.54) is 37.8 Å². The number of H-pyrrole nitrogens is 1. The Balaban J connectivity index is 2.19. The molecular formula is C12H20N2. The average molecular weight is 192 g/mol. The monoisotopic (exact) mass is 192 g/mol. The molecule has 1 aromatic heterocycles. The first-order valence-corrected chi connectivity index (χ1v) is 5.79. The molecule has 0 amide bonds. The van der Waals surface area contributed by atoms with E-state index in [0.29, 0.717) is 5.41 Å². The summed E-state index contributed by atoms with van der Waals surface area (Å²) >= 11 is 0. The molecule has 1 aliphatic carbocycles. The number of nitrogens with one attached hydrogen (secondary N) is 1. The van der Waals surface area contributed by atoms with E-state index in [9.17, 15) is 0 Å². The van der Waals surface area contributed by atoms with E-state index in [1.807, 2.05) is 6.20 Å². The van der Waals surface area contributed by atoms with Crippen LogP contribution in [0.4, 0.5) is 0 Å². The highest BCUT2D eigenvalue weighted by atomic mass is 14.9. The van der Waals surface area contributed by atoms with Gasteiger partial charge in [-0.05, 0) is 12.8 Å². The number of hydrogen-bond donors (Lipinski definition) is 1. The number of imidazole rings is 1. The van der Waals surface area contributed by atoms with Crippen molar-refractivity contribution in [3.05, 3.63) is 17.7 Å². The maximum absolute atomic E-state index is 4.40. The van der Waals surface area contributed by atoms with Crippen molar-refractivity contribution in [2.45, 2.75) is 57.8 Å². The summed E-state index contributed by atoms with van der Waals surface area (Å²) in [6.45, 7) is 4.52. The van der Waals surface area contributed by atoms with Crippen molar-refractivity contribution in [1.82, 2.24) is 9.97 Å². The van der Waals surface area contributed by atoms with Gasteiger partial charge < -0.3 is 4.98 Å². The molecule has 1 N–H and O–H groups in total. The van der Waals surface area contributed by atoms with Gasteiger partial charge in [-0.3, -0.25) is 0 Å². The predicted octanol–water partition coefficient (Wildman–Crippen LogP) is 3.19. The molecule has 78 valence electrons. The lowest BCUT2D eigenvalue weighted by Crippen LogP contribution is -2.25. The van der Waals surface area contributed by atoms with E-state index < -0.39 is 0 Å². The van der Waals surface area contributed by atoms with Gasteiger partial charge in [0.15, 0.2) is 0 Å². The molecule has 1 saturated carbocycles. The second-order valence-corrected chi connectivity index (χ2v) is 4.72. The van der Waals surface area contributed by atoms with Crippen LogP contribution in [0.25, 0.3) is 0 Å². The smallest absolute Gasteiger partial charge is 0.105 e. The average Bonchev–Trinajstić information content (AvgIpc) is 2.67. The van der Waals surface area contributed by atoms with Gasteiger partial charge >= 0.3 is 0 Å². The first-order chi connectivity index (χ1) is 6.74. The van der Waals surface area contributed by atoms with Crippen molar-refractivity contribution in [1.29, 1.82) is 0 Å². The minimum absolute atomic E-state index is 0.374. The Kier molecular flexibility index (Phi) is 2.62. The van der Waals surface area contributed by atoms with Crippen LogP contribution in [0, 0.1) is 0 Å². The fourth-order valence-electron chi connectivity index (χ4n) is 2.45. The molecule has 0 atom stereocenters. The predicted molar refractivity (Wildman–Crippen MR) is 58.4 cm³/mol. The Labute approximate surface area is 86.1 Å². The van der Waals surface area contributed by atoms with E-state index in [1.54, 1.807) is 0 Å². The van der Waals surface area contributed by atoms with Crippen molar-refractivity contribution in [2.24, 2.45) is 0 Å². The highest BCUT2D eigenvalue weighted by Gasteiger charge is 2.30. The van der Waals surface area contributed by atoms with Crippen LogP contribution < -0.4 is 0 Å². The molecule has 0 aromatic carbocycles. The summed E-state index contributed by atoms with van der Waals surface area (Å²) in [6.07, 6.45) is 9.84. The second-order valence-electron chi connectivity index (χ2n) is 4.72. The zero-order valence-electron chi connectivity index (χ0n) is 9.27. The van der Waals surface area contributed by atoms with E-state index in [4.69, 9.17) is 0 Å². The topological polar surface area (TPSA) is 28.7 Å². The molecule has 0 saturated heterocycles. The van der Waals surface area contributed by atoms with Crippen molar-refractivity contribution in [3.63, 3.8) is 0 Å². The molecule has 1 aromatic rings. The summed E-state index contributed by atoms with van der Waals surface area (Å²) in [6, 6.07) is 0. The van der Waals surface area contributed by atoms with Crippen molar-refractivity contribution in [2.75, 3.05) is 0 Å². The van der Waals surface area contributed by atoms with E-state index in [2.05, 4.69) is 23.8 Å². The quantitative estimate of drug-likeness (QED) is 0.766. The highest BCUT2D eigenvalue weighted by Crippen LogP contribution is 2.37. The molecule has 2 nitrogen and oxygen atoms in total. The van der Waals surface area contributed by atoms with Gasteiger partial charge in [-0.1, -0.05) is 33.1 Å². The third-order valence-corrected chi connectivity index (χ3v) is 3.57. The van der Waals surface area contributed by atoms with Gasteiger partial charge in [0.1, 0.15) is 5.82 Å². The van der Waals surface area contributed by atoms with Gasteiger partial charge in [0.2, 0.25) is 0 Å². The number of hydrogen-bond acceptors (Lipinski definition) is 1. The highest BCUT2D eigenvalue weighted by molar-refractivity contribution is 5.15. The molecule has 1 fully saturated rings. The minimum atomic E-state index is 0.374. The Hall–Kier alpha value is -0.790. The van der Waals surface area contributed by atoms with Crippen LogP contribution in [0.3, 0.4) is 0 Å². The standard InChI is InChI=1S/C12H20N2/c1-3-11-13-9-10(14-11)12(2)7-5-4-6-8-12/h9H,3-8H2,1-2H3,(H,13,14). The summed E-state index contributed by atoms with van der Waals surface area (Å²) in [7, 11) is 0. The van der Waals surface area contributed by atoms with Gasteiger partial charge in [0.05, 0.1) is 0 Å². The fourth-order valence-corrected chi connectivity index (χ4v) is 2.45. The largest absolute Gasteiger partial charge is 0.345 e. The maximum atomic E-state index is 4.40. The number of rotatable bonds is 2. The van der Waals surface area contributed by atoms with Gasteiger partial charge in [-0.15, -0.1) is 0 Å². The third-order valence-electron chi connectivity index (χ3n) is 3.57. The van der Waals surface area contributed by atoms with Crippen molar-refractivity contribution in [3.8, 4) is 0 Å². The van der Waals surface area contributed by atoms with Crippen LogP contribution in [-0.4, -0.2) is 9.97 Å². The fraction of sp³-hybridized carbons (Fsp3) is 0.750. The molecule has 0 unspecified atom stereocenters. The first kappa shape index (κ1) is 9.75. The summed E-state index contributed by atoms with van der Waals surface area (Å²) in [5, 5.41) is 0. The molecule has 0 radical (unpaired) electrons. The normalized spacial score (nSPS) is 21.0. The molecule has 2 rings (SSSR count). The Morgan fingerprint density at radius 3 is 2.64 bits per heavy atom. The van der Waals surface area contributed by atoms with Crippen LogP contribution in [0.2, 0.25) is 0 Å². The molecule has 0 bridgehead atoms. The number of aromatic amines is 1. The lowest BCUT2D eigenvalue weighted by molar-refractivity contribution is 0.313. The summed E-state index contributed by atoms with van der Waals surface area (Å²) in [5.41, 5.74) is 1.73. The maximum Gasteiger partial charge on any atom is 0.105 e. The van der Waals surface area contributed by atoms with Gasteiger partial charge in [0, 0.05) is 23.7 Å². The molecule has 0 spiro atoms. The Morgan fingerprint density at radius 1 is 1.36 bits per heavy atom. The summed E-state index contributed by atoms with van der Waals surface area (Å²) in [4.78, 5) is 7.86.